The maximum Gasteiger partial charge on any atom is 0.213 e. The van der Waals surface area contributed by atoms with Crippen LogP contribution < -0.4 is 18.3 Å². The third kappa shape index (κ3) is 14.1. The Morgan fingerprint density at radius 1 is 0.371 bits per heavy atom. The molecule has 0 bridgehead atoms. The van der Waals surface area contributed by atoms with Crippen molar-refractivity contribution in [3.05, 3.63) is 283 Å². The van der Waals surface area contributed by atoms with Gasteiger partial charge in [-0.05, 0) is 225 Å². The topological polar surface area (TPSA) is 67.1 Å². The van der Waals surface area contributed by atoms with Crippen LogP contribution in [-0.4, -0.2) is 19.9 Å². The summed E-state index contributed by atoms with van der Waals surface area (Å²) in [5.74, 6) is -0.856. The van der Waals surface area contributed by atoms with Crippen molar-refractivity contribution >= 4 is 0 Å². The first-order chi connectivity index (χ1) is 53.2. The predicted molar refractivity (Wildman–Crippen MR) is 429 cm³/mol. The van der Waals surface area contributed by atoms with E-state index in [2.05, 4.69) is 203 Å². The third-order valence-electron chi connectivity index (χ3n) is 22.7. The Hall–Kier alpha value is -9.92. The Bertz CT molecular complexity index is 5770. The minimum absolute atomic E-state index is 0.356. The summed E-state index contributed by atoms with van der Waals surface area (Å²) in [6.07, 6.45) is 19.8. The molecule has 8 nitrogen and oxygen atoms in total. The summed E-state index contributed by atoms with van der Waals surface area (Å²) in [5, 5.41) is 0. The van der Waals surface area contributed by atoms with Gasteiger partial charge in [-0.3, -0.25) is 19.9 Å². The molecular formula is C97H106N8+4. The van der Waals surface area contributed by atoms with Crippen LogP contribution in [0.3, 0.4) is 0 Å². The van der Waals surface area contributed by atoms with Crippen molar-refractivity contribution in [2.75, 3.05) is 0 Å². The van der Waals surface area contributed by atoms with Crippen LogP contribution in [0.15, 0.2) is 170 Å². The molecule has 0 unspecified atom stereocenters. The summed E-state index contributed by atoms with van der Waals surface area (Å²) < 4.78 is 66.9. The van der Waals surface area contributed by atoms with Crippen molar-refractivity contribution in [2.45, 2.75) is 185 Å². The van der Waals surface area contributed by atoms with Crippen LogP contribution in [0, 0.1) is 67.7 Å². The second kappa shape index (κ2) is 28.9. The van der Waals surface area contributed by atoms with E-state index in [0.717, 1.165) is 102 Å². The first kappa shape index (κ1) is 62.5. The molecule has 8 heteroatoms. The summed E-state index contributed by atoms with van der Waals surface area (Å²) in [4.78, 5) is 19.1. The Morgan fingerprint density at radius 2 is 0.695 bits per heavy atom. The van der Waals surface area contributed by atoms with E-state index >= 15 is 0 Å². The molecule has 0 aliphatic heterocycles. The van der Waals surface area contributed by atoms with Gasteiger partial charge in [0.2, 0.25) is 22.8 Å². The predicted octanol–water partition coefficient (Wildman–Crippen LogP) is 20.6. The number of fused-ring (bicyclic) bond motifs is 12. The number of hydrogen-bond acceptors (Lipinski definition) is 4. The number of hydrogen-bond donors (Lipinski definition) is 0. The summed E-state index contributed by atoms with van der Waals surface area (Å²) in [6.45, 7) is 20.6. The van der Waals surface area contributed by atoms with Crippen LogP contribution in [0.4, 0.5) is 0 Å². The Balaban J connectivity index is 0.000000118. The second-order valence-corrected chi connectivity index (χ2v) is 31.6. The Kier molecular flexibility index (Phi) is 17.2. The van der Waals surface area contributed by atoms with Gasteiger partial charge in [-0.15, -0.1) is 0 Å². The van der Waals surface area contributed by atoms with Gasteiger partial charge in [-0.2, -0.15) is 0 Å². The van der Waals surface area contributed by atoms with E-state index in [4.69, 9.17) is 29.5 Å². The zero-order valence-electron chi connectivity index (χ0n) is 71.4. The lowest BCUT2D eigenvalue weighted by molar-refractivity contribution is -0.660. The summed E-state index contributed by atoms with van der Waals surface area (Å²) in [5.41, 5.74) is 41.7. The lowest BCUT2D eigenvalue weighted by Crippen LogP contribution is -2.31. The lowest BCUT2D eigenvalue weighted by atomic mass is 9.83. The number of pyridine rings is 8. The summed E-state index contributed by atoms with van der Waals surface area (Å²) in [7, 11) is 8.19. The molecule has 105 heavy (non-hydrogen) atoms. The zero-order chi connectivity index (χ0) is 79.4. The molecular weight excluding hydrogens is 1280 g/mol. The molecule has 0 spiro atoms. The zero-order valence-corrected chi connectivity index (χ0v) is 64.4. The summed E-state index contributed by atoms with van der Waals surface area (Å²) >= 11 is 0. The minimum atomic E-state index is -2.10. The Labute approximate surface area is 635 Å². The monoisotopic (exact) mass is 1390 g/mol. The van der Waals surface area contributed by atoms with E-state index in [1.165, 1.54) is 177 Å². The van der Waals surface area contributed by atoms with E-state index in [1.54, 1.807) is 12.3 Å². The number of rotatable bonds is 7. The largest absolute Gasteiger partial charge is 0.257 e. The molecule has 2 fully saturated rings. The fraction of sp³-hybridized carbons (Fsp3) is 0.340. The van der Waals surface area contributed by atoms with Crippen LogP contribution in [0.1, 0.15) is 212 Å². The van der Waals surface area contributed by atoms with E-state index in [9.17, 15) is 0 Å². The minimum Gasteiger partial charge on any atom is -0.257 e. The van der Waals surface area contributed by atoms with E-state index in [0.29, 0.717) is 5.56 Å². The SMILES string of the molecule is [2H]C([2H])([2H])c1ccc(-c2c(C)ccc3c2Cc2nc(C)ccc2-3)[n+](C)c1.[2H]C([2H])(c1cc[n+](C)c(-c2c(C)ccc3c2Cc2nc(C)ccc2-3)c1)C(C)(C)C.[2H]C1(c2cc[n+](C)c(-c3c(C)ccc4c3Cc3nc(C)ccc3-4)c2)CCCC1.[2H]C1(c2cc[n+](C)c(-c3c(C)ccc4c3Cc3nc(C)ccc3-4)c2)CCCCC1. The van der Waals surface area contributed by atoms with Gasteiger partial charge in [0, 0.05) is 128 Å². The molecule has 8 heterocycles. The van der Waals surface area contributed by atoms with Gasteiger partial charge in [0.15, 0.2) is 24.8 Å². The van der Waals surface area contributed by atoms with Gasteiger partial charge in [0.25, 0.3) is 0 Å². The van der Waals surface area contributed by atoms with Crippen molar-refractivity contribution < 1.29 is 27.9 Å². The van der Waals surface area contributed by atoms with Gasteiger partial charge < -0.3 is 0 Å². The van der Waals surface area contributed by atoms with Crippen LogP contribution in [-0.2, 0) is 60.2 Å². The molecule has 8 aromatic heterocycles. The van der Waals surface area contributed by atoms with E-state index in [1.807, 2.05) is 77.7 Å². The van der Waals surface area contributed by atoms with Crippen LogP contribution in [0.25, 0.3) is 89.5 Å². The smallest absolute Gasteiger partial charge is 0.213 e. The first-order valence-electron chi connectivity index (χ1n) is 41.6. The number of aromatic nitrogens is 8. The molecule has 0 N–H and O–H groups in total. The highest BCUT2D eigenvalue weighted by Crippen LogP contribution is 2.48. The molecule has 0 amide bonds. The van der Waals surface area contributed by atoms with Crippen molar-refractivity contribution in [3.8, 4) is 89.5 Å². The first-order valence-corrected chi connectivity index (χ1v) is 38.1. The average molecular weight is 1390 g/mol. The molecule has 6 aliphatic carbocycles. The molecule has 2 saturated carbocycles. The highest BCUT2D eigenvalue weighted by molar-refractivity contribution is 5.88. The highest BCUT2D eigenvalue weighted by atomic mass is 14.9. The Morgan fingerprint density at radius 3 is 1.04 bits per heavy atom. The fourth-order valence-electron chi connectivity index (χ4n) is 17.5. The summed E-state index contributed by atoms with van der Waals surface area (Å²) in [6, 6.07) is 51.3. The maximum absolute atomic E-state index is 9.11. The molecule has 0 radical (unpaired) electrons. The molecule has 6 aliphatic rings. The van der Waals surface area contributed by atoms with Gasteiger partial charge in [-0.25, -0.2) is 18.3 Å². The molecule has 0 atom stereocenters. The molecule has 0 saturated heterocycles. The van der Waals surface area contributed by atoms with Crippen molar-refractivity contribution in [1.29, 1.82) is 0 Å². The van der Waals surface area contributed by atoms with Gasteiger partial charge in [0.1, 0.15) is 28.2 Å². The third-order valence-corrected chi connectivity index (χ3v) is 22.7. The van der Waals surface area contributed by atoms with E-state index < -0.39 is 30.4 Å². The molecule has 12 aromatic rings. The normalized spacial score (nSPS) is 16.2. The highest BCUT2D eigenvalue weighted by Gasteiger charge is 2.34. The molecule has 18 rings (SSSR count). The lowest BCUT2D eigenvalue weighted by Gasteiger charge is -2.22. The number of aryl methyl sites for hydroxylation is 13. The van der Waals surface area contributed by atoms with Crippen molar-refractivity contribution in [3.63, 3.8) is 0 Å². The standard InChI is InChI=1S/C26H29N2.C25H27N2.C25H29N2.C21H21N2/c1-17-9-11-21-22-12-10-18(2)27-24(22)16-23(21)26(17)25-15-20(13-14-28(25)3)19-7-5-4-6-8-19;1-16-8-10-20-21-11-9-17(2)26-23(21)15-22(20)25(16)24-14-19(12-13-27(24)3)18-6-4-5-7-18;1-16-7-9-19-20-10-8-17(2)26-22(20)14-21(19)24(16)23-13-18(11-12-27(23)6)15-25(3,4)5;1-13-5-10-20(23(4)12-13)21-14(2)6-8-16-17-9-7-15(3)22-19(17)11-18(16)21/h9-15,19H,4-8,16H2,1-3H3;8-14,18H,4-7,15H2,1-3H3;7-13H,14-15H2,1-6H3;5-10,12H,11H2,1-4H3/q4*+1/i19D;18D;15D2;1D3. The van der Waals surface area contributed by atoms with Crippen LogP contribution in [0.5, 0.6) is 0 Å². The van der Waals surface area contributed by atoms with Crippen LogP contribution >= 0.6 is 0 Å². The van der Waals surface area contributed by atoms with Crippen LogP contribution in [0.2, 0.25) is 0 Å². The quantitative estimate of drug-likeness (QED) is 0.149. The van der Waals surface area contributed by atoms with E-state index in [-0.39, 0.29) is 0 Å². The second-order valence-electron chi connectivity index (χ2n) is 31.6. The fourth-order valence-corrected chi connectivity index (χ4v) is 17.5. The molecule has 4 aromatic carbocycles. The maximum atomic E-state index is 9.11. The van der Waals surface area contributed by atoms with Gasteiger partial charge in [0.05, 0.1) is 45.0 Å². The van der Waals surface area contributed by atoms with Gasteiger partial charge >= 0.3 is 0 Å². The number of benzene rings is 4. The van der Waals surface area contributed by atoms with Crippen molar-refractivity contribution in [2.24, 2.45) is 33.6 Å². The number of nitrogens with zero attached hydrogens (tertiary/aromatic N) is 8. The molecule has 530 valence electrons. The van der Waals surface area contributed by atoms with Crippen molar-refractivity contribution in [1.82, 2.24) is 19.9 Å². The average Bonchev–Trinajstić information content (AvgIpc) is 1.57. The van der Waals surface area contributed by atoms with Gasteiger partial charge in [-0.1, -0.05) is 126 Å².